The number of thiophene rings is 1. The standard InChI is InChI=1S/C46H30N2O2S/c1-4-14-31(15-5-1)32-24-26-35(27-25-32)47(36-28-29-40-38(30-36)37-20-10-11-21-39(37)48(40)34-18-8-3-9-19-34)46-44-43(45(51-46)33-16-6-2-7-17-33)49-41-22-12-13-23-42(41)50-44/h1-30H. The summed E-state index contributed by atoms with van der Waals surface area (Å²) in [6.07, 6.45) is 0. The summed E-state index contributed by atoms with van der Waals surface area (Å²) in [5.41, 5.74) is 8.91. The molecule has 3 heterocycles. The van der Waals surface area contributed by atoms with Crippen LogP contribution in [0.3, 0.4) is 0 Å². The van der Waals surface area contributed by atoms with Gasteiger partial charge in [0.15, 0.2) is 17.2 Å². The molecule has 51 heavy (non-hydrogen) atoms. The minimum atomic E-state index is 0.699. The first-order valence-corrected chi connectivity index (χ1v) is 17.8. The molecule has 0 atom stereocenters. The maximum atomic E-state index is 6.79. The van der Waals surface area contributed by atoms with Crippen LogP contribution < -0.4 is 14.4 Å². The molecule has 1 aliphatic rings. The number of hydrogen-bond acceptors (Lipinski definition) is 4. The van der Waals surface area contributed by atoms with Gasteiger partial charge in [-0.05, 0) is 77.4 Å². The topological polar surface area (TPSA) is 26.6 Å². The normalized spacial score (nSPS) is 11.8. The van der Waals surface area contributed by atoms with Crippen molar-refractivity contribution in [1.29, 1.82) is 0 Å². The molecular weight excluding hydrogens is 645 g/mol. The fourth-order valence-corrected chi connectivity index (χ4v) is 8.31. The summed E-state index contributed by atoms with van der Waals surface area (Å²) in [5, 5.41) is 3.32. The van der Waals surface area contributed by atoms with Crippen molar-refractivity contribution in [3.05, 3.63) is 182 Å². The van der Waals surface area contributed by atoms with Crippen LogP contribution >= 0.6 is 11.3 Å². The van der Waals surface area contributed by atoms with Crippen LogP contribution in [0.5, 0.6) is 23.0 Å². The number of nitrogens with zero attached hydrogens (tertiary/aromatic N) is 2. The molecule has 1 aliphatic heterocycles. The first kappa shape index (κ1) is 29.4. The second-order valence-electron chi connectivity index (χ2n) is 12.5. The smallest absolute Gasteiger partial charge is 0.205 e. The fraction of sp³-hybridized carbons (Fsp3) is 0. The number of fused-ring (bicyclic) bond motifs is 5. The van der Waals surface area contributed by atoms with E-state index < -0.39 is 0 Å². The van der Waals surface area contributed by atoms with Gasteiger partial charge in [-0.2, -0.15) is 0 Å². The minimum absolute atomic E-state index is 0.699. The Labute approximate surface area is 299 Å². The molecule has 0 amide bonds. The van der Waals surface area contributed by atoms with Crippen molar-refractivity contribution in [3.8, 4) is 50.3 Å². The average molecular weight is 675 g/mol. The SMILES string of the molecule is c1ccc(-c2ccc(N(c3ccc4c(c3)c3ccccc3n4-c3ccccc3)c3sc(-c4ccccc4)c4c3Oc3ccccc3O4)cc2)cc1. The van der Waals surface area contributed by atoms with Crippen LogP contribution in [-0.2, 0) is 0 Å². The van der Waals surface area contributed by atoms with Gasteiger partial charge in [-0.1, -0.05) is 121 Å². The van der Waals surface area contributed by atoms with Gasteiger partial charge in [0.05, 0.1) is 15.9 Å². The number of benzene rings is 7. The van der Waals surface area contributed by atoms with Crippen LogP contribution in [0.4, 0.5) is 16.4 Å². The predicted octanol–water partition coefficient (Wildman–Crippen LogP) is 13.5. The molecule has 2 aromatic heterocycles. The molecule has 7 aromatic carbocycles. The second-order valence-corrected chi connectivity index (χ2v) is 13.5. The van der Waals surface area contributed by atoms with E-state index in [-0.39, 0.29) is 0 Å². The van der Waals surface area contributed by atoms with E-state index in [0.29, 0.717) is 17.2 Å². The quantitative estimate of drug-likeness (QED) is 0.176. The van der Waals surface area contributed by atoms with Gasteiger partial charge in [0.2, 0.25) is 5.75 Å². The molecule has 10 rings (SSSR count). The van der Waals surface area contributed by atoms with Crippen molar-refractivity contribution in [1.82, 2.24) is 4.57 Å². The number of para-hydroxylation sites is 4. The number of hydrogen-bond donors (Lipinski definition) is 0. The van der Waals surface area contributed by atoms with Gasteiger partial charge in [-0.25, -0.2) is 0 Å². The molecule has 242 valence electrons. The van der Waals surface area contributed by atoms with E-state index in [1.165, 1.54) is 21.9 Å². The molecule has 0 saturated carbocycles. The molecule has 0 radical (unpaired) electrons. The summed E-state index contributed by atoms with van der Waals surface area (Å²) < 4.78 is 15.8. The van der Waals surface area contributed by atoms with E-state index in [2.05, 4.69) is 161 Å². The lowest BCUT2D eigenvalue weighted by atomic mass is 10.0. The Kier molecular flexibility index (Phi) is 6.96. The molecule has 0 bridgehead atoms. The first-order chi connectivity index (χ1) is 25.3. The lowest BCUT2D eigenvalue weighted by Crippen LogP contribution is -2.10. The van der Waals surface area contributed by atoms with Gasteiger partial charge in [-0.15, -0.1) is 11.3 Å². The maximum Gasteiger partial charge on any atom is 0.205 e. The number of anilines is 3. The fourth-order valence-electron chi connectivity index (χ4n) is 7.11. The summed E-state index contributed by atoms with van der Waals surface area (Å²) in [6.45, 7) is 0. The van der Waals surface area contributed by atoms with Crippen molar-refractivity contribution >= 4 is 49.5 Å². The monoisotopic (exact) mass is 674 g/mol. The van der Waals surface area contributed by atoms with Crippen molar-refractivity contribution in [2.45, 2.75) is 0 Å². The van der Waals surface area contributed by atoms with Gasteiger partial charge in [0, 0.05) is 27.8 Å². The summed E-state index contributed by atoms with van der Waals surface area (Å²) in [7, 11) is 0. The van der Waals surface area contributed by atoms with Crippen molar-refractivity contribution in [2.75, 3.05) is 4.90 Å². The number of ether oxygens (including phenoxy) is 2. The van der Waals surface area contributed by atoms with Crippen LogP contribution in [0.1, 0.15) is 0 Å². The molecule has 9 aromatic rings. The summed E-state index contributed by atoms with van der Waals surface area (Å²) >= 11 is 1.68. The summed E-state index contributed by atoms with van der Waals surface area (Å²) in [6, 6.07) is 63.6. The molecule has 0 fully saturated rings. The van der Waals surface area contributed by atoms with Crippen LogP contribution in [-0.4, -0.2) is 4.57 Å². The highest BCUT2D eigenvalue weighted by molar-refractivity contribution is 7.20. The summed E-state index contributed by atoms with van der Waals surface area (Å²) in [5.74, 6) is 2.84. The molecule has 0 saturated heterocycles. The third-order valence-corrected chi connectivity index (χ3v) is 10.7. The van der Waals surface area contributed by atoms with Crippen molar-refractivity contribution in [3.63, 3.8) is 0 Å². The zero-order valence-electron chi connectivity index (χ0n) is 27.4. The van der Waals surface area contributed by atoms with E-state index in [0.717, 1.165) is 49.3 Å². The Morgan fingerprint density at radius 1 is 0.431 bits per heavy atom. The minimum Gasteiger partial charge on any atom is -0.448 e. The van der Waals surface area contributed by atoms with Gasteiger partial charge >= 0.3 is 0 Å². The molecule has 0 unspecified atom stereocenters. The van der Waals surface area contributed by atoms with Gasteiger partial charge < -0.3 is 14.0 Å². The molecule has 5 heteroatoms. The van der Waals surface area contributed by atoms with Gasteiger partial charge in [0.25, 0.3) is 0 Å². The second kappa shape index (κ2) is 12.1. The molecule has 0 N–H and O–H groups in total. The summed E-state index contributed by atoms with van der Waals surface area (Å²) in [4.78, 5) is 3.33. The van der Waals surface area contributed by atoms with Gasteiger partial charge in [-0.3, -0.25) is 4.90 Å². The lowest BCUT2D eigenvalue weighted by molar-refractivity contribution is 0.364. The van der Waals surface area contributed by atoms with E-state index in [1.807, 2.05) is 30.3 Å². The molecule has 0 spiro atoms. The zero-order valence-corrected chi connectivity index (χ0v) is 28.3. The highest BCUT2D eigenvalue weighted by Crippen LogP contribution is 2.61. The lowest BCUT2D eigenvalue weighted by Gasteiger charge is -2.27. The van der Waals surface area contributed by atoms with E-state index in [9.17, 15) is 0 Å². The van der Waals surface area contributed by atoms with Crippen LogP contribution in [0.25, 0.3) is 49.1 Å². The Morgan fingerprint density at radius 2 is 0.980 bits per heavy atom. The third-order valence-electron chi connectivity index (χ3n) is 9.48. The molecule has 0 aliphatic carbocycles. The highest BCUT2D eigenvalue weighted by atomic mass is 32.1. The first-order valence-electron chi connectivity index (χ1n) is 17.0. The van der Waals surface area contributed by atoms with E-state index in [4.69, 9.17) is 9.47 Å². The Hall–Kier alpha value is -6.56. The Bertz CT molecular complexity index is 2680. The van der Waals surface area contributed by atoms with Crippen LogP contribution in [0.2, 0.25) is 0 Å². The van der Waals surface area contributed by atoms with Crippen molar-refractivity contribution in [2.24, 2.45) is 0 Å². The average Bonchev–Trinajstić information content (AvgIpc) is 3.73. The van der Waals surface area contributed by atoms with E-state index in [1.54, 1.807) is 11.3 Å². The Balaban J connectivity index is 1.21. The number of aromatic nitrogens is 1. The van der Waals surface area contributed by atoms with Crippen molar-refractivity contribution < 1.29 is 9.47 Å². The molecule has 4 nitrogen and oxygen atoms in total. The Morgan fingerprint density at radius 3 is 1.71 bits per heavy atom. The highest BCUT2D eigenvalue weighted by Gasteiger charge is 2.33. The van der Waals surface area contributed by atoms with Crippen LogP contribution in [0.15, 0.2) is 182 Å². The van der Waals surface area contributed by atoms with Crippen LogP contribution in [0, 0.1) is 0 Å². The third kappa shape index (κ3) is 4.98. The molecular formula is C46H30N2O2S. The zero-order chi connectivity index (χ0) is 33.7. The predicted molar refractivity (Wildman–Crippen MR) is 211 cm³/mol. The number of rotatable bonds is 6. The van der Waals surface area contributed by atoms with E-state index >= 15 is 0 Å². The maximum absolute atomic E-state index is 6.79. The largest absolute Gasteiger partial charge is 0.448 e. The van der Waals surface area contributed by atoms with Gasteiger partial charge in [0.1, 0.15) is 5.00 Å².